The van der Waals surface area contributed by atoms with Gasteiger partial charge in [0.05, 0.1) is 11.4 Å². The van der Waals surface area contributed by atoms with Crippen LogP contribution in [0.1, 0.15) is 0 Å². The van der Waals surface area contributed by atoms with E-state index in [1.807, 2.05) is 18.3 Å². The summed E-state index contributed by atoms with van der Waals surface area (Å²) < 4.78 is 2.11. The van der Waals surface area contributed by atoms with Crippen molar-refractivity contribution in [3.63, 3.8) is 0 Å². The van der Waals surface area contributed by atoms with Gasteiger partial charge in [-0.25, -0.2) is 4.98 Å². The van der Waals surface area contributed by atoms with Crippen molar-refractivity contribution in [2.24, 2.45) is 0 Å². The molecule has 0 bridgehead atoms. The second kappa shape index (κ2) is 16.6. The molecule has 0 spiro atoms. The van der Waals surface area contributed by atoms with Gasteiger partial charge in [0.1, 0.15) is 5.65 Å². The predicted molar refractivity (Wildman–Crippen MR) is 279 cm³/mol. The Bertz CT molecular complexity index is 3570. The van der Waals surface area contributed by atoms with Gasteiger partial charge < -0.3 is 4.40 Å². The second-order valence-electron chi connectivity index (χ2n) is 16.9. The van der Waals surface area contributed by atoms with E-state index in [9.17, 15) is 0 Å². The summed E-state index contributed by atoms with van der Waals surface area (Å²) in [4.78, 5) is 9.97. The molecule has 0 N–H and O–H groups in total. The van der Waals surface area contributed by atoms with Crippen molar-refractivity contribution in [1.29, 1.82) is 0 Å². The molecule has 0 saturated heterocycles. The Kier molecular flexibility index (Phi) is 9.85. The van der Waals surface area contributed by atoms with Crippen molar-refractivity contribution in [2.75, 3.05) is 0 Å². The van der Waals surface area contributed by atoms with Crippen molar-refractivity contribution in [3.05, 3.63) is 261 Å². The molecule has 0 aliphatic carbocycles. The summed E-state index contributed by atoms with van der Waals surface area (Å²) in [5.41, 5.74) is 12.3. The molecule has 0 unspecified atom stereocenters. The molecule has 3 aromatic heterocycles. The Balaban J connectivity index is 0.990. The Morgan fingerprint density at radius 3 is 1.41 bits per heavy atom. The smallest absolute Gasteiger partial charge is 0.180 e. The third-order valence-electron chi connectivity index (χ3n) is 13.3. The van der Waals surface area contributed by atoms with Crippen LogP contribution in [0.5, 0.6) is 0 Å². The van der Waals surface area contributed by atoms with E-state index in [1.165, 1.54) is 70.1 Å². The number of fused-ring (bicyclic) bond motifs is 3. The number of aromatic nitrogens is 3. The van der Waals surface area contributed by atoms with Gasteiger partial charge in [-0.3, -0.25) is 4.98 Å². The zero-order chi connectivity index (χ0) is 43.9. The molecular weight excluding hydrogens is 815 g/mol. The summed E-state index contributed by atoms with van der Waals surface area (Å²) in [7, 11) is -2.91. The normalized spacial score (nSPS) is 11.6. The minimum Gasteiger partial charge on any atom is -0.306 e. The predicted octanol–water partition coefficient (Wildman–Crippen LogP) is 12.7. The lowest BCUT2D eigenvalue weighted by molar-refractivity contribution is 1.19. The topological polar surface area (TPSA) is 30.2 Å². The van der Waals surface area contributed by atoms with Gasteiger partial charge >= 0.3 is 0 Å². The minimum absolute atomic E-state index is 0.929. The first-order chi connectivity index (χ1) is 32.7. The van der Waals surface area contributed by atoms with Crippen LogP contribution in [-0.2, 0) is 0 Å². The molecule has 66 heavy (non-hydrogen) atoms. The Hall–Kier alpha value is -8.44. The van der Waals surface area contributed by atoms with Crippen LogP contribution in [0.3, 0.4) is 0 Å². The fourth-order valence-corrected chi connectivity index (χ4v) is 15.2. The number of nitrogens with zero attached hydrogens (tertiary/aromatic N) is 3. The molecule has 310 valence electrons. The number of pyridine rings is 2. The average molecular weight is 858 g/mol. The van der Waals surface area contributed by atoms with Gasteiger partial charge in [-0.1, -0.05) is 218 Å². The van der Waals surface area contributed by atoms with Crippen LogP contribution in [0.4, 0.5) is 0 Å². The number of benzene rings is 9. The number of hydrogen-bond acceptors (Lipinski definition) is 2. The first-order valence-corrected chi connectivity index (χ1v) is 24.6. The third kappa shape index (κ3) is 6.66. The first kappa shape index (κ1) is 39.2. The molecule has 4 heteroatoms. The van der Waals surface area contributed by atoms with Gasteiger partial charge in [0.2, 0.25) is 0 Å². The van der Waals surface area contributed by atoms with Crippen molar-refractivity contribution in [3.8, 4) is 55.9 Å². The van der Waals surface area contributed by atoms with Crippen molar-refractivity contribution in [2.45, 2.75) is 0 Å². The molecule has 9 aromatic carbocycles. The summed E-state index contributed by atoms with van der Waals surface area (Å²) in [6, 6.07) is 88.6. The van der Waals surface area contributed by atoms with Crippen LogP contribution in [0.25, 0.3) is 83.1 Å². The maximum atomic E-state index is 5.07. The van der Waals surface area contributed by atoms with Gasteiger partial charge in [0.15, 0.2) is 8.07 Å². The number of rotatable bonds is 9. The van der Waals surface area contributed by atoms with E-state index in [-0.39, 0.29) is 0 Å². The summed E-state index contributed by atoms with van der Waals surface area (Å²) in [6.07, 6.45) is 6.12. The van der Waals surface area contributed by atoms with Gasteiger partial charge in [-0.05, 0) is 99.9 Å². The lowest BCUT2D eigenvalue weighted by atomic mass is 9.86. The highest BCUT2D eigenvalue weighted by atomic mass is 28.3. The van der Waals surface area contributed by atoms with E-state index in [0.717, 1.165) is 33.7 Å². The van der Waals surface area contributed by atoms with E-state index in [0.29, 0.717) is 0 Å². The van der Waals surface area contributed by atoms with Crippen LogP contribution in [0.2, 0.25) is 0 Å². The molecule has 0 saturated carbocycles. The molecule has 0 atom stereocenters. The summed E-state index contributed by atoms with van der Waals surface area (Å²) >= 11 is 0. The van der Waals surface area contributed by atoms with E-state index in [1.54, 1.807) is 0 Å². The zero-order valence-electron chi connectivity index (χ0n) is 36.2. The van der Waals surface area contributed by atoms with E-state index >= 15 is 0 Å². The molecular formula is C62H43N3Si. The van der Waals surface area contributed by atoms with Gasteiger partial charge in [-0.15, -0.1) is 0 Å². The molecule has 0 fully saturated rings. The highest BCUT2D eigenvalue weighted by molar-refractivity contribution is 7.20. The fraction of sp³-hybridized carbons (Fsp3) is 0. The Labute approximate surface area is 385 Å². The van der Waals surface area contributed by atoms with E-state index in [2.05, 4.69) is 247 Å². The number of imidazole rings is 1. The maximum Gasteiger partial charge on any atom is 0.180 e. The lowest BCUT2D eigenvalue weighted by Gasteiger charge is -2.36. The monoisotopic (exact) mass is 857 g/mol. The molecule has 12 aromatic rings. The Morgan fingerprint density at radius 1 is 0.348 bits per heavy atom. The van der Waals surface area contributed by atoms with Crippen molar-refractivity contribution >= 4 is 56.0 Å². The summed E-state index contributed by atoms with van der Waals surface area (Å²) in [5, 5.41) is 10.2. The first-order valence-electron chi connectivity index (χ1n) is 22.6. The van der Waals surface area contributed by atoms with E-state index in [4.69, 9.17) is 9.97 Å². The van der Waals surface area contributed by atoms with E-state index < -0.39 is 8.07 Å². The molecule has 12 rings (SSSR count). The summed E-state index contributed by atoms with van der Waals surface area (Å²) in [6.45, 7) is 0. The minimum atomic E-state index is -2.91. The second-order valence-corrected chi connectivity index (χ2v) is 20.7. The summed E-state index contributed by atoms with van der Waals surface area (Å²) in [5.74, 6) is 0. The SMILES string of the molecule is c1ccc(-c2ccn3cc(-c4ccc(-c5c6ccccc6c(-c6ccc([Si](c7ccccc7)(c7ccccc7)c7ccccc7-c7ccccn7)cc6)c6ccccc56)cc4)nc3c2)cc1. The highest BCUT2D eigenvalue weighted by Gasteiger charge is 2.43. The quantitative estimate of drug-likeness (QED) is 0.0822. The zero-order valence-corrected chi connectivity index (χ0v) is 37.2. The molecule has 0 amide bonds. The standard InChI is InChI=1S/C62H43N3Si/c1-4-18-44(19-5-1)48-39-41-65-43-58(64-60(65)42-48)45-31-33-46(34-32-45)61-52-24-10-12-26-54(52)62(55-27-13-11-25-53(55)61)47-35-37-51(38-36-47)66(49-20-6-2-7-21-49,50-22-8-3-9-23-50)59-30-15-14-28-56(59)57-29-16-17-40-63-57/h1-43H. The largest absolute Gasteiger partial charge is 0.306 e. The molecule has 0 aliphatic rings. The molecule has 3 heterocycles. The number of hydrogen-bond donors (Lipinski definition) is 0. The van der Waals surface area contributed by atoms with Gasteiger partial charge in [-0.2, -0.15) is 0 Å². The van der Waals surface area contributed by atoms with Crippen LogP contribution >= 0.6 is 0 Å². The highest BCUT2D eigenvalue weighted by Crippen LogP contribution is 2.44. The molecule has 0 aliphatic heterocycles. The maximum absolute atomic E-state index is 5.07. The van der Waals surface area contributed by atoms with Crippen LogP contribution < -0.4 is 20.7 Å². The Morgan fingerprint density at radius 2 is 0.833 bits per heavy atom. The molecule has 3 nitrogen and oxygen atoms in total. The average Bonchev–Trinajstić information content (AvgIpc) is 3.84. The van der Waals surface area contributed by atoms with Crippen molar-refractivity contribution < 1.29 is 0 Å². The van der Waals surface area contributed by atoms with Crippen LogP contribution in [0, 0.1) is 0 Å². The van der Waals surface area contributed by atoms with Crippen LogP contribution in [-0.4, -0.2) is 22.4 Å². The van der Waals surface area contributed by atoms with Gasteiger partial charge in [0, 0.05) is 29.7 Å². The lowest BCUT2D eigenvalue weighted by Crippen LogP contribution is -2.75. The molecule has 0 radical (unpaired) electrons. The fourth-order valence-electron chi connectivity index (χ4n) is 10.3. The van der Waals surface area contributed by atoms with Gasteiger partial charge in [0.25, 0.3) is 0 Å². The van der Waals surface area contributed by atoms with Crippen molar-refractivity contribution in [1.82, 2.24) is 14.4 Å². The van der Waals surface area contributed by atoms with Crippen LogP contribution in [0.15, 0.2) is 261 Å². The third-order valence-corrected chi connectivity index (χ3v) is 18.1.